The smallest absolute Gasteiger partial charge is 0.165 e. The van der Waals surface area contributed by atoms with Crippen molar-refractivity contribution in [1.29, 1.82) is 0 Å². The van der Waals surface area contributed by atoms with Crippen LogP contribution in [0.4, 0.5) is 0 Å². The first-order valence-corrected chi connectivity index (χ1v) is 6.34. The predicted octanol–water partition coefficient (Wildman–Crippen LogP) is -0.865. The number of imidazole rings is 1. The third-order valence-electron chi connectivity index (χ3n) is 3.57. The van der Waals surface area contributed by atoms with Crippen LogP contribution in [-0.4, -0.2) is 59.3 Å². The van der Waals surface area contributed by atoms with E-state index in [0.29, 0.717) is 16.9 Å². The molecule has 5 atom stereocenters. The van der Waals surface area contributed by atoms with E-state index in [9.17, 15) is 15.3 Å². The third kappa shape index (κ3) is 1.88. The van der Waals surface area contributed by atoms with Gasteiger partial charge in [-0.25, -0.2) is 15.0 Å². The van der Waals surface area contributed by atoms with Crippen LogP contribution in [0, 0.1) is 6.92 Å². The fourth-order valence-electron chi connectivity index (χ4n) is 2.47. The number of aliphatic hydroxyl groups is 3. The summed E-state index contributed by atoms with van der Waals surface area (Å²) in [5.74, 6) is 0. The first kappa shape index (κ1) is 13.4. The fourth-order valence-corrected chi connectivity index (χ4v) is 2.47. The van der Waals surface area contributed by atoms with Crippen molar-refractivity contribution >= 4 is 11.2 Å². The van der Waals surface area contributed by atoms with E-state index in [-0.39, 0.29) is 0 Å². The fraction of sp³-hybridized carbons (Fsp3) is 0.583. The van der Waals surface area contributed by atoms with E-state index in [1.165, 1.54) is 19.6 Å². The van der Waals surface area contributed by atoms with Crippen LogP contribution in [0.2, 0.25) is 0 Å². The van der Waals surface area contributed by atoms with Crippen molar-refractivity contribution in [3.8, 4) is 0 Å². The quantitative estimate of drug-likeness (QED) is 0.655. The summed E-state index contributed by atoms with van der Waals surface area (Å²) in [5.41, 5.74) is 1.84. The van der Waals surface area contributed by atoms with Crippen LogP contribution in [0.5, 0.6) is 0 Å². The topological polar surface area (TPSA) is 114 Å². The van der Waals surface area contributed by atoms with E-state index >= 15 is 0 Å². The molecule has 3 heterocycles. The molecular weight excluding hydrogens is 264 g/mol. The minimum atomic E-state index is -1.17. The molecule has 1 aliphatic rings. The summed E-state index contributed by atoms with van der Waals surface area (Å²) in [6, 6.07) is 0. The van der Waals surface area contributed by atoms with Crippen LogP contribution in [0.15, 0.2) is 12.7 Å². The lowest BCUT2D eigenvalue weighted by molar-refractivity contribution is -0.0777. The molecule has 1 aliphatic heterocycles. The van der Waals surface area contributed by atoms with E-state index in [2.05, 4.69) is 15.0 Å². The summed E-state index contributed by atoms with van der Waals surface area (Å²) >= 11 is 0. The maximum absolute atomic E-state index is 10.1. The highest BCUT2D eigenvalue weighted by Gasteiger charge is 2.46. The molecule has 0 spiro atoms. The van der Waals surface area contributed by atoms with Crippen molar-refractivity contribution in [2.75, 3.05) is 0 Å². The molecule has 0 saturated carbocycles. The number of nitrogens with zero attached hydrogens (tertiary/aromatic N) is 4. The van der Waals surface area contributed by atoms with E-state index in [0.717, 1.165) is 0 Å². The van der Waals surface area contributed by atoms with Gasteiger partial charge in [0, 0.05) is 0 Å². The normalized spacial score (nSPS) is 31.9. The van der Waals surface area contributed by atoms with Crippen LogP contribution in [-0.2, 0) is 4.74 Å². The van der Waals surface area contributed by atoms with Crippen molar-refractivity contribution in [1.82, 2.24) is 19.5 Å². The highest BCUT2D eigenvalue weighted by molar-refractivity contribution is 5.72. The second-order valence-corrected chi connectivity index (χ2v) is 5.00. The van der Waals surface area contributed by atoms with Crippen LogP contribution in [0.3, 0.4) is 0 Å². The lowest BCUT2D eigenvalue weighted by Gasteiger charge is -2.17. The number of hydrogen-bond donors (Lipinski definition) is 3. The minimum absolute atomic E-state index is 0.514. The van der Waals surface area contributed by atoms with Gasteiger partial charge in [-0.3, -0.25) is 4.57 Å². The van der Waals surface area contributed by atoms with Crippen LogP contribution in [0.25, 0.3) is 11.2 Å². The van der Waals surface area contributed by atoms with Crippen LogP contribution in [0.1, 0.15) is 18.8 Å². The van der Waals surface area contributed by atoms with Gasteiger partial charge in [-0.2, -0.15) is 0 Å². The number of aryl methyl sites for hydroxylation is 1. The Labute approximate surface area is 114 Å². The van der Waals surface area contributed by atoms with Crippen molar-refractivity contribution in [2.24, 2.45) is 0 Å². The second-order valence-electron chi connectivity index (χ2n) is 5.00. The predicted molar refractivity (Wildman–Crippen MR) is 67.7 cm³/mol. The number of aromatic nitrogens is 4. The third-order valence-corrected chi connectivity index (χ3v) is 3.57. The summed E-state index contributed by atoms with van der Waals surface area (Å²) in [6.07, 6.45) is -2.03. The van der Waals surface area contributed by atoms with Gasteiger partial charge in [0.25, 0.3) is 0 Å². The lowest BCUT2D eigenvalue weighted by atomic mass is 10.1. The van der Waals surface area contributed by atoms with Gasteiger partial charge >= 0.3 is 0 Å². The minimum Gasteiger partial charge on any atom is -0.391 e. The molecule has 8 heteroatoms. The number of ether oxygens (including phenoxy) is 1. The molecule has 0 bridgehead atoms. The Morgan fingerprint density at radius 1 is 1.25 bits per heavy atom. The van der Waals surface area contributed by atoms with Crippen molar-refractivity contribution in [2.45, 2.75) is 44.5 Å². The zero-order valence-electron chi connectivity index (χ0n) is 11.1. The van der Waals surface area contributed by atoms with Crippen molar-refractivity contribution < 1.29 is 20.1 Å². The molecule has 108 valence electrons. The standard InChI is InChI=1S/C12H16N4O4/c1-5-7-11(14-3-13-5)16(4-15-7)12-9(19)8(18)10(20-12)6(2)17/h3-4,6,8-10,12,17-19H,1-2H3. The summed E-state index contributed by atoms with van der Waals surface area (Å²) in [4.78, 5) is 12.4. The van der Waals surface area contributed by atoms with Gasteiger partial charge in [0.15, 0.2) is 11.9 Å². The highest BCUT2D eigenvalue weighted by atomic mass is 16.6. The largest absolute Gasteiger partial charge is 0.391 e. The van der Waals surface area contributed by atoms with Gasteiger partial charge in [0.2, 0.25) is 0 Å². The molecule has 2 aromatic rings. The number of rotatable bonds is 2. The highest BCUT2D eigenvalue weighted by Crippen LogP contribution is 2.32. The molecule has 3 rings (SSSR count). The summed E-state index contributed by atoms with van der Waals surface area (Å²) in [6.45, 7) is 3.31. The first-order valence-electron chi connectivity index (χ1n) is 6.34. The van der Waals surface area contributed by atoms with E-state index < -0.39 is 30.6 Å². The molecule has 0 radical (unpaired) electrons. The van der Waals surface area contributed by atoms with Crippen molar-refractivity contribution in [3.05, 3.63) is 18.3 Å². The monoisotopic (exact) mass is 280 g/mol. The molecule has 8 nitrogen and oxygen atoms in total. The molecule has 0 amide bonds. The number of fused-ring (bicyclic) bond motifs is 1. The van der Waals surface area contributed by atoms with E-state index in [1.54, 1.807) is 11.5 Å². The molecule has 1 saturated heterocycles. The maximum Gasteiger partial charge on any atom is 0.165 e. The Morgan fingerprint density at radius 2 is 2.00 bits per heavy atom. The number of aliphatic hydroxyl groups excluding tert-OH is 3. The summed E-state index contributed by atoms with van der Waals surface area (Å²) in [7, 11) is 0. The van der Waals surface area contributed by atoms with Gasteiger partial charge in [-0.15, -0.1) is 0 Å². The first-order chi connectivity index (χ1) is 9.50. The zero-order valence-corrected chi connectivity index (χ0v) is 11.1. The molecule has 1 fully saturated rings. The summed E-state index contributed by atoms with van der Waals surface area (Å²) < 4.78 is 7.09. The van der Waals surface area contributed by atoms with E-state index in [1.807, 2.05) is 0 Å². The Bertz CT molecular complexity index is 629. The van der Waals surface area contributed by atoms with Crippen LogP contribution < -0.4 is 0 Å². The molecule has 5 unspecified atom stereocenters. The molecular formula is C12H16N4O4. The lowest BCUT2D eigenvalue weighted by Crippen LogP contribution is -2.37. The van der Waals surface area contributed by atoms with Gasteiger partial charge in [-0.05, 0) is 13.8 Å². The van der Waals surface area contributed by atoms with Crippen LogP contribution >= 0.6 is 0 Å². The Balaban J connectivity index is 2.02. The van der Waals surface area contributed by atoms with E-state index in [4.69, 9.17) is 4.74 Å². The SMILES string of the molecule is Cc1ncnc2c1ncn2C1OC(C(C)O)C(O)C1O. The molecule has 0 aliphatic carbocycles. The van der Waals surface area contributed by atoms with Crippen molar-refractivity contribution in [3.63, 3.8) is 0 Å². The van der Waals surface area contributed by atoms with Gasteiger partial charge in [0.1, 0.15) is 30.2 Å². The Hall–Kier alpha value is -1.61. The molecule has 2 aromatic heterocycles. The average molecular weight is 280 g/mol. The second kappa shape index (κ2) is 4.74. The summed E-state index contributed by atoms with van der Waals surface area (Å²) in [5, 5.41) is 29.6. The maximum atomic E-state index is 10.1. The zero-order chi connectivity index (χ0) is 14.4. The van der Waals surface area contributed by atoms with Gasteiger partial charge < -0.3 is 20.1 Å². The van der Waals surface area contributed by atoms with Gasteiger partial charge in [-0.1, -0.05) is 0 Å². The molecule has 20 heavy (non-hydrogen) atoms. The average Bonchev–Trinajstić information content (AvgIpc) is 2.94. The Morgan fingerprint density at radius 3 is 2.65 bits per heavy atom. The Kier molecular flexibility index (Phi) is 3.17. The van der Waals surface area contributed by atoms with Gasteiger partial charge in [0.05, 0.1) is 18.1 Å². The molecule has 3 N–H and O–H groups in total. The number of hydrogen-bond acceptors (Lipinski definition) is 7. The molecule has 0 aromatic carbocycles.